The number of hydrogen-bond donors (Lipinski definition) is 1. The van der Waals surface area contributed by atoms with Gasteiger partial charge < -0.3 is 14.8 Å². The Hall–Kier alpha value is -2.23. The van der Waals surface area contributed by atoms with Gasteiger partial charge >= 0.3 is 0 Å². The predicted octanol–water partition coefficient (Wildman–Crippen LogP) is 3.49. The van der Waals surface area contributed by atoms with Gasteiger partial charge in [0.1, 0.15) is 6.61 Å². The monoisotopic (exact) mass is 272 g/mol. The Balaban J connectivity index is 2.02. The average Bonchev–Trinajstić information content (AvgIpc) is 2.52. The van der Waals surface area contributed by atoms with Crippen molar-refractivity contribution < 1.29 is 9.47 Å². The lowest BCUT2D eigenvalue weighted by Gasteiger charge is -2.12. The number of hydrogen-bond acceptors (Lipinski definition) is 4. The Bertz CT molecular complexity index is 544. The molecule has 0 aliphatic rings. The van der Waals surface area contributed by atoms with Gasteiger partial charge in [-0.15, -0.1) is 0 Å². The highest BCUT2D eigenvalue weighted by Gasteiger charge is 2.05. The minimum Gasteiger partial charge on any atom is -0.490 e. The Morgan fingerprint density at radius 1 is 1.10 bits per heavy atom. The summed E-state index contributed by atoms with van der Waals surface area (Å²) in [5, 5.41) is 3.08. The molecule has 0 unspecified atom stereocenters. The van der Waals surface area contributed by atoms with E-state index in [4.69, 9.17) is 9.47 Å². The fraction of sp³-hybridized carbons (Fsp3) is 0.312. The molecule has 0 radical (unpaired) electrons. The topological polar surface area (TPSA) is 43.4 Å². The van der Waals surface area contributed by atoms with Crippen molar-refractivity contribution in [2.24, 2.45) is 0 Å². The molecule has 0 saturated heterocycles. The predicted molar refractivity (Wildman–Crippen MR) is 80.3 cm³/mol. The van der Waals surface area contributed by atoms with E-state index in [9.17, 15) is 0 Å². The molecule has 20 heavy (non-hydrogen) atoms. The number of rotatable bonds is 7. The number of pyridine rings is 1. The normalized spacial score (nSPS) is 10.1. The van der Waals surface area contributed by atoms with Crippen LogP contribution in [0.5, 0.6) is 11.5 Å². The lowest BCUT2D eigenvalue weighted by atomic mass is 10.3. The number of ether oxygens (including phenoxy) is 2. The molecule has 0 spiro atoms. The van der Waals surface area contributed by atoms with Crippen LogP contribution in [-0.2, 0) is 6.61 Å². The van der Waals surface area contributed by atoms with E-state index in [1.165, 1.54) is 0 Å². The quantitative estimate of drug-likeness (QED) is 0.838. The first-order chi connectivity index (χ1) is 9.83. The van der Waals surface area contributed by atoms with Crippen LogP contribution in [0.15, 0.2) is 42.6 Å². The zero-order valence-corrected chi connectivity index (χ0v) is 11.9. The van der Waals surface area contributed by atoms with Gasteiger partial charge in [-0.25, -0.2) is 0 Å². The van der Waals surface area contributed by atoms with E-state index in [0.29, 0.717) is 13.2 Å². The lowest BCUT2D eigenvalue weighted by Crippen LogP contribution is -2.02. The first kappa shape index (κ1) is 14.2. The fourth-order valence-electron chi connectivity index (χ4n) is 1.76. The average molecular weight is 272 g/mol. The van der Waals surface area contributed by atoms with Crippen molar-refractivity contribution in [3.63, 3.8) is 0 Å². The number of nitrogens with one attached hydrogen (secondary N) is 1. The molecule has 0 bridgehead atoms. The molecule has 0 aliphatic carbocycles. The Kier molecular flexibility index (Phi) is 5.24. The highest BCUT2D eigenvalue weighted by Crippen LogP contribution is 2.27. The second kappa shape index (κ2) is 7.38. The summed E-state index contributed by atoms with van der Waals surface area (Å²) in [7, 11) is 1.88. The summed E-state index contributed by atoms with van der Waals surface area (Å²) in [5.41, 5.74) is 1.90. The molecule has 106 valence electrons. The molecule has 0 atom stereocenters. The first-order valence-electron chi connectivity index (χ1n) is 6.80. The van der Waals surface area contributed by atoms with Gasteiger partial charge in [-0.1, -0.05) is 19.1 Å². The van der Waals surface area contributed by atoms with E-state index in [-0.39, 0.29) is 0 Å². The van der Waals surface area contributed by atoms with Gasteiger partial charge in [0.2, 0.25) is 0 Å². The Morgan fingerprint density at radius 2 is 1.85 bits per heavy atom. The highest BCUT2D eigenvalue weighted by atomic mass is 16.5. The van der Waals surface area contributed by atoms with Gasteiger partial charge in [-0.2, -0.15) is 0 Å². The number of benzene rings is 1. The molecule has 2 rings (SSSR count). The van der Waals surface area contributed by atoms with Crippen LogP contribution < -0.4 is 14.8 Å². The van der Waals surface area contributed by atoms with Crippen molar-refractivity contribution in [2.45, 2.75) is 20.0 Å². The molecule has 4 nitrogen and oxygen atoms in total. The zero-order valence-electron chi connectivity index (χ0n) is 11.9. The minimum absolute atomic E-state index is 0.419. The van der Waals surface area contributed by atoms with Crippen LogP contribution in [0.25, 0.3) is 0 Å². The van der Waals surface area contributed by atoms with Crippen molar-refractivity contribution in [1.82, 2.24) is 4.98 Å². The van der Waals surface area contributed by atoms with Gasteiger partial charge in [0.15, 0.2) is 11.5 Å². The maximum absolute atomic E-state index is 5.80. The summed E-state index contributed by atoms with van der Waals surface area (Å²) < 4.78 is 11.5. The lowest BCUT2D eigenvalue weighted by molar-refractivity contribution is 0.259. The van der Waals surface area contributed by atoms with Crippen molar-refractivity contribution in [2.75, 3.05) is 19.0 Å². The van der Waals surface area contributed by atoms with Gasteiger partial charge in [0.25, 0.3) is 0 Å². The molecular formula is C16H20N2O2. The van der Waals surface area contributed by atoms with Crippen LogP contribution in [0, 0.1) is 0 Å². The van der Waals surface area contributed by atoms with Crippen molar-refractivity contribution in [3.8, 4) is 11.5 Å². The summed E-state index contributed by atoms with van der Waals surface area (Å²) in [5.74, 6) is 1.52. The number of anilines is 1. The first-order valence-corrected chi connectivity index (χ1v) is 6.80. The largest absolute Gasteiger partial charge is 0.490 e. The standard InChI is InChI=1S/C16H20N2O2/c1-3-10-19-15-6-4-5-7-16(15)20-12-14-11-13(17-2)8-9-18-14/h4-9,11H,3,10,12H2,1-2H3,(H,17,18). The summed E-state index contributed by atoms with van der Waals surface area (Å²) in [6.45, 7) is 3.19. The molecule has 0 aliphatic heterocycles. The number of nitrogens with zero attached hydrogens (tertiary/aromatic N) is 1. The smallest absolute Gasteiger partial charge is 0.161 e. The van der Waals surface area contributed by atoms with Crippen LogP contribution >= 0.6 is 0 Å². The van der Waals surface area contributed by atoms with Crippen LogP contribution in [0.3, 0.4) is 0 Å². The van der Waals surface area contributed by atoms with Crippen LogP contribution in [0.1, 0.15) is 19.0 Å². The molecule has 2 aromatic rings. The maximum atomic E-state index is 5.80. The molecule has 0 amide bonds. The third-order valence-electron chi connectivity index (χ3n) is 2.79. The van der Waals surface area contributed by atoms with Crippen molar-refractivity contribution in [3.05, 3.63) is 48.3 Å². The van der Waals surface area contributed by atoms with E-state index in [1.807, 2.05) is 43.4 Å². The Morgan fingerprint density at radius 3 is 2.55 bits per heavy atom. The van der Waals surface area contributed by atoms with E-state index in [0.717, 1.165) is 29.3 Å². The van der Waals surface area contributed by atoms with E-state index in [2.05, 4.69) is 17.2 Å². The third-order valence-corrected chi connectivity index (χ3v) is 2.79. The highest BCUT2D eigenvalue weighted by molar-refractivity contribution is 5.43. The van der Waals surface area contributed by atoms with Gasteiger partial charge in [0, 0.05) is 18.9 Å². The maximum Gasteiger partial charge on any atom is 0.161 e. The minimum atomic E-state index is 0.419. The molecule has 1 aromatic heterocycles. The second-order valence-electron chi connectivity index (χ2n) is 4.37. The molecule has 1 heterocycles. The molecule has 1 aromatic carbocycles. The fourth-order valence-corrected chi connectivity index (χ4v) is 1.76. The van der Waals surface area contributed by atoms with E-state index >= 15 is 0 Å². The molecule has 0 fully saturated rings. The third kappa shape index (κ3) is 3.88. The summed E-state index contributed by atoms with van der Waals surface area (Å²) in [4.78, 5) is 4.29. The van der Waals surface area contributed by atoms with Crippen LogP contribution in [0.2, 0.25) is 0 Å². The summed E-state index contributed by atoms with van der Waals surface area (Å²) >= 11 is 0. The van der Waals surface area contributed by atoms with Gasteiger partial charge in [-0.05, 0) is 30.7 Å². The molecule has 0 saturated carbocycles. The molecule has 1 N–H and O–H groups in total. The molecule has 4 heteroatoms. The number of aromatic nitrogens is 1. The summed E-state index contributed by atoms with van der Waals surface area (Å²) in [6.07, 6.45) is 2.74. The second-order valence-corrected chi connectivity index (χ2v) is 4.37. The van der Waals surface area contributed by atoms with Crippen LogP contribution in [-0.4, -0.2) is 18.6 Å². The summed E-state index contributed by atoms with van der Waals surface area (Å²) in [6, 6.07) is 11.6. The zero-order chi connectivity index (χ0) is 14.2. The number of para-hydroxylation sites is 2. The van der Waals surface area contributed by atoms with Crippen LogP contribution in [0.4, 0.5) is 5.69 Å². The van der Waals surface area contributed by atoms with E-state index in [1.54, 1.807) is 6.20 Å². The molecular weight excluding hydrogens is 252 g/mol. The van der Waals surface area contributed by atoms with Crippen molar-refractivity contribution in [1.29, 1.82) is 0 Å². The SMILES string of the molecule is CCCOc1ccccc1OCc1cc(NC)ccn1. The van der Waals surface area contributed by atoms with E-state index < -0.39 is 0 Å². The van der Waals surface area contributed by atoms with Gasteiger partial charge in [-0.3, -0.25) is 4.98 Å². The Labute approximate surface area is 119 Å². The van der Waals surface area contributed by atoms with Crippen molar-refractivity contribution >= 4 is 5.69 Å². The van der Waals surface area contributed by atoms with Gasteiger partial charge in [0.05, 0.1) is 12.3 Å².